The van der Waals surface area contributed by atoms with Gasteiger partial charge in [0.2, 0.25) is 5.91 Å². The van der Waals surface area contributed by atoms with Crippen LogP contribution in [0.15, 0.2) is 11.6 Å². The van der Waals surface area contributed by atoms with Crippen LogP contribution < -0.4 is 11.0 Å². The first-order valence-corrected chi connectivity index (χ1v) is 17.6. The monoisotopic (exact) mass is 601 g/mol. The number of aliphatic hydroxyl groups is 1. The number of fused-ring (bicyclic) bond motifs is 5. The van der Waals surface area contributed by atoms with Crippen molar-refractivity contribution in [3.8, 4) is 0 Å². The zero-order chi connectivity index (χ0) is 32.6. The molecule has 246 valence electrons. The quantitative estimate of drug-likeness (QED) is 0.162. The Bertz CT molecular complexity index is 1050. The molecule has 4 aliphatic carbocycles. The average Bonchev–Trinajstić information content (AvgIpc) is 3.28. The van der Waals surface area contributed by atoms with Crippen LogP contribution in [0, 0.1) is 52.3 Å². The molecule has 4 aliphatic rings. The Kier molecular flexibility index (Phi) is 10.1. The first-order chi connectivity index (χ1) is 20.5. The first-order valence-electron chi connectivity index (χ1n) is 18.1. The molecule has 0 radical (unpaired) electrons. The van der Waals surface area contributed by atoms with Gasteiger partial charge in [-0.1, -0.05) is 73.0 Å². The highest BCUT2D eigenvalue weighted by molar-refractivity contribution is 5.87. The van der Waals surface area contributed by atoms with E-state index >= 15 is 0 Å². The lowest BCUT2D eigenvalue weighted by Crippen LogP contribution is -2.53. The van der Waals surface area contributed by atoms with E-state index in [4.69, 9.17) is 6.15 Å². The minimum absolute atomic E-state index is 0.0601. The molecule has 4 rings (SSSR count). The minimum Gasteiger partial charge on any atom is -0.461 e. The Morgan fingerprint density at radius 1 is 1.09 bits per heavy atom. The molecular formula is C37H64N2O4. The number of ether oxygens (including phenoxy) is 1. The van der Waals surface area contributed by atoms with Crippen molar-refractivity contribution >= 4 is 11.9 Å². The number of carbonyl (C=O) groups is 2. The Balaban J connectivity index is 1.39. The number of esters is 1. The number of nitrogens with two attached hydrogens (primary N) is 1. The van der Waals surface area contributed by atoms with Crippen molar-refractivity contribution in [3.05, 3.63) is 11.6 Å². The molecule has 6 heteroatoms. The predicted molar refractivity (Wildman–Crippen MR) is 174 cm³/mol. The Labute approximate surface area is 264 Å². The fourth-order valence-electron chi connectivity index (χ4n) is 10.0. The smallest absolute Gasteiger partial charge is 0.329 e. The van der Waals surface area contributed by atoms with Gasteiger partial charge in [-0.25, -0.2) is 4.79 Å². The SMILES string of the molecule is [2H]N[C@@H](C(=O)N[C@H](C(=O)O[C@H]1CC[C@@]2(C)C(=CC[C@H]3[C@@H]4CC[C@H]([C@H](C)CCCC(C)(C)O)[C@@]4(C)CC[C@@H]32)C1)C(C)C)C(C)C. The van der Waals surface area contributed by atoms with E-state index in [1.165, 1.54) is 37.7 Å². The van der Waals surface area contributed by atoms with E-state index in [1.807, 2.05) is 41.5 Å². The summed E-state index contributed by atoms with van der Waals surface area (Å²) in [5, 5.41) is 13.1. The molecule has 0 aromatic carbocycles. The van der Waals surface area contributed by atoms with E-state index in [0.29, 0.717) is 17.3 Å². The van der Waals surface area contributed by atoms with Crippen LogP contribution in [0.1, 0.15) is 133 Å². The topological polar surface area (TPSA) is 102 Å². The number of amides is 1. The van der Waals surface area contributed by atoms with Gasteiger partial charge >= 0.3 is 5.97 Å². The second-order valence-corrected chi connectivity index (χ2v) is 16.9. The van der Waals surface area contributed by atoms with Crippen molar-refractivity contribution in [2.24, 2.45) is 58.0 Å². The third-order valence-corrected chi connectivity index (χ3v) is 12.7. The Morgan fingerprint density at radius 3 is 2.44 bits per heavy atom. The van der Waals surface area contributed by atoms with Crippen molar-refractivity contribution in [1.29, 1.82) is 0 Å². The van der Waals surface area contributed by atoms with Crippen LogP contribution in [0.3, 0.4) is 0 Å². The summed E-state index contributed by atoms with van der Waals surface area (Å²) in [6.45, 7) is 19.1. The summed E-state index contributed by atoms with van der Waals surface area (Å²) >= 11 is 0. The minimum atomic E-state index is -0.723. The van der Waals surface area contributed by atoms with E-state index in [2.05, 4.69) is 37.9 Å². The number of hydrogen-bond donors (Lipinski definition) is 3. The van der Waals surface area contributed by atoms with Gasteiger partial charge in [0.15, 0.2) is 0 Å². The summed E-state index contributed by atoms with van der Waals surface area (Å²) in [5.74, 6) is 2.88. The van der Waals surface area contributed by atoms with Crippen molar-refractivity contribution in [2.75, 3.05) is 0 Å². The number of carbonyl (C=O) groups excluding carboxylic acids is 2. The largest absolute Gasteiger partial charge is 0.461 e. The summed E-state index contributed by atoms with van der Waals surface area (Å²) in [6, 6.07) is -1.40. The molecule has 0 bridgehead atoms. The highest BCUT2D eigenvalue weighted by Crippen LogP contribution is 2.67. The van der Waals surface area contributed by atoms with Gasteiger partial charge in [0, 0.05) is 6.42 Å². The number of allylic oxidation sites excluding steroid dienone is 1. The Morgan fingerprint density at radius 2 is 1.81 bits per heavy atom. The third-order valence-electron chi connectivity index (χ3n) is 12.7. The molecular weight excluding hydrogens is 536 g/mol. The van der Waals surface area contributed by atoms with E-state index in [-0.39, 0.29) is 35.2 Å². The molecule has 4 N–H and O–H groups in total. The summed E-state index contributed by atoms with van der Waals surface area (Å²) in [4.78, 5) is 26.2. The van der Waals surface area contributed by atoms with Crippen LogP contribution in [0.2, 0.25) is 1.41 Å². The lowest BCUT2D eigenvalue weighted by atomic mass is 9.47. The zero-order valence-corrected chi connectivity index (χ0v) is 28.8. The summed E-state index contributed by atoms with van der Waals surface area (Å²) in [5.41, 5.74) is 3.85. The lowest BCUT2D eigenvalue weighted by molar-refractivity contribution is -0.156. The lowest BCUT2D eigenvalue weighted by Gasteiger charge is -2.58. The van der Waals surface area contributed by atoms with Gasteiger partial charge in [0.25, 0.3) is 0 Å². The first kappa shape index (κ1) is 33.0. The fourth-order valence-corrected chi connectivity index (χ4v) is 10.0. The normalized spacial score (nSPS) is 36.5. The van der Waals surface area contributed by atoms with Crippen molar-refractivity contribution in [2.45, 2.75) is 157 Å². The molecule has 0 saturated heterocycles. The van der Waals surface area contributed by atoms with Gasteiger partial charge < -0.3 is 20.9 Å². The maximum Gasteiger partial charge on any atom is 0.329 e. The molecule has 43 heavy (non-hydrogen) atoms. The molecule has 0 aliphatic heterocycles. The number of nitrogens with one attached hydrogen (secondary N) is 1. The third kappa shape index (κ3) is 7.21. The predicted octanol–water partition coefficient (Wildman–Crippen LogP) is 7.18. The summed E-state index contributed by atoms with van der Waals surface area (Å²) < 4.78 is 13.7. The highest BCUT2D eigenvalue weighted by atomic mass is 16.5. The summed E-state index contributed by atoms with van der Waals surface area (Å²) in [6.07, 6.45) is 14.8. The zero-order valence-electron chi connectivity index (χ0n) is 29.8. The molecule has 0 spiro atoms. The van der Waals surface area contributed by atoms with Gasteiger partial charge in [-0.05, 0) is 117 Å². The molecule has 3 fully saturated rings. The number of hydrogen-bond acceptors (Lipinski definition) is 5. The molecule has 6 nitrogen and oxygen atoms in total. The van der Waals surface area contributed by atoms with Crippen LogP contribution in [0.5, 0.6) is 0 Å². The van der Waals surface area contributed by atoms with Crippen LogP contribution in [0.25, 0.3) is 0 Å². The Hall–Kier alpha value is -1.40. The molecule has 0 heterocycles. The number of rotatable bonds is 12. The molecule has 0 unspecified atom stereocenters. The maximum atomic E-state index is 13.4. The van der Waals surface area contributed by atoms with E-state index < -0.39 is 17.7 Å². The van der Waals surface area contributed by atoms with Gasteiger partial charge in [0.1, 0.15) is 13.6 Å². The molecule has 0 aromatic heterocycles. The average molecular weight is 602 g/mol. The van der Waals surface area contributed by atoms with Gasteiger partial charge in [-0.2, -0.15) is 0 Å². The van der Waals surface area contributed by atoms with Crippen molar-refractivity contribution in [3.63, 3.8) is 0 Å². The van der Waals surface area contributed by atoms with Crippen LogP contribution in [-0.2, 0) is 14.3 Å². The molecule has 3 saturated carbocycles. The van der Waals surface area contributed by atoms with Crippen LogP contribution in [-0.4, -0.2) is 40.8 Å². The van der Waals surface area contributed by atoms with Crippen molar-refractivity contribution < 1.29 is 20.8 Å². The van der Waals surface area contributed by atoms with Crippen LogP contribution >= 0.6 is 0 Å². The summed E-state index contributed by atoms with van der Waals surface area (Å²) in [7, 11) is 0. The fraction of sp³-hybridized carbons (Fsp3) is 0.892. The second-order valence-electron chi connectivity index (χ2n) is 16.9. The second kappa shape index (κ2) is 13.1. The van der Waals surface area contributed by atoms with Gasteiger partial charge in [-0.15, -0.1) is 0 Å². The van der Waals surface area contributed by atoms with E-state index in [0.717, 1.165) is 56.3 Å². The molecule has 1 amide bonds. The van der Waals surface area contributed by atoms with Gasteiger partial charge in [0.05, 0.1) is 11.6 Å². The molecule has 0 aromatic rings. The van der Waals surface area contributed by atoms with Crippen LogP contribution in [0.4, 0.5) is 0 Å². The highest BCUT2D eigenvalue weighted by Gasteiger charge is 2.59. The standard InChI is InChI=1S/C37H64N2O4/c1-22(2)31(38)33(40)39-32(23(3)4)34(41)43-26-16-19-36(8)25(21-26)12-13-27-29-15-14-28(37(29,9)20-17-30(27)36)24(5)11-10-18-35(6,7)42/h12,22-24,26-32,42H,10-11,13-21,38H2,1-9H3,(H,39,40)/t24-,26+,27+,28-,29+,30+,31-,32+,36+,37-/m1/s1/i/hD. The van der Waals surface area contributed by atoms with E-state index in [1.54, 1.807) is 0 Å². The maximum absolute atomic E-state index is 13.4. The molecule has 10 atom stereocenters. The van der Waals surface area contributed by atoms with E-state index in [9.17, 15) is 14.7 Å². The van der Waals surface area contributed by atoms with Crippen molar-refractivity contribution in [1.82, 2.24) is 5.32 Å². The van der Waals surface area contributed by atoms with Gasteiger partial charge in [-0.3, -0.25) is 4.79 Å².